The lowest BCUT2D eigenvalue weighted by Gasteiger charge is -2.25. The van der Waals surface area contributed by atoms with Gasteiger partial charge in [0.2, 0.25) is 0 Å². The standard InChI is InChI=1S/C23H25N7O3.ClH/c1-13(31)10-25-23(32)17-9-18(14-5-2-3-6-15(14)30-17)33-21(16-7-4-8-24-16)19-20-22(28-11-26-19)29-12-27-20;/h2-3,5-6,9,11-13,16,21,24,31H,4,7-8,10H2,1H3,(H,25,32)(H,26,27,28,29);1H/t13?,16?,21-;/m1./s1. The number of amides is 1. The van der Waals surface area contributed by atoms with Gasteiger partial charge in [-0.25, -0.2) is 19.9 Å². The highest BCUT2D eigenvalue weighted by molar-refractivity contribution is 5.97. The second-order valence-corrected chi connectivity index (χ2v) is 8.18. The molecule has 1 aliphatic heterocycles. The largest absolute Gasteiger partial charge is 0.482 e. The molecule has 0 spiro atoms. The van der Waals surface area contributed by atoms with Crippen LogP contribution >= 0.6 is 12.4 Å². The molecule has 3 atom stereocenters. The first kappa shape index (κ1) is 23.8. The first-order chi connectivity index (χ1) is 16.1. The first-order valence-electron chi connectivity index (χ1n) is 11.0. The topological polar surface area (TPSA) is 138 Å². The third-order valence-corrected chi connectivity index (χ3v) is 5.71. The van der Waals surface area contributed by atoms with Gasteiger partial charge >= 0.3 is 0 Å². The normalized spacial score (nSPS) is 17.3. The van der Waals surface area contributed by atoms with Gasteiger partial charge in [0.15, 0.2) is 11.8 Å². The molecular weight excluding hydrogens is 458 g/mol. The first-order valence-corrected chi connectivity index (χ1v) is 11.0. The molecule has 1 fully saturated rings. The minimum Gasteiger partial charge on any atom is -0.482 e. The van der Waals surface area contributed by atoms with Crippen LogP contribution in [0.2, 0.25) is 0 Å². The molecule has 0 radical (unpaired) electrons. The molecule has 4 N–H and O–H groups in total. The van der Waals surface area contributed by atoms with E-state index in [2.05, 4.69) is 35.6 Å². The zero-order chi connectivity index (χ0) is 22.8. The summed E-state index contributed by atoms with van der Waals surface area (Å²) in [6.07, 6.45) is 3.95. The summed E-state index contributed by atoms with van der Waals surface area (Å²) in [5.74, 6) is 0.160. The number of imidazole rings is 1. The van der Waals surface area contributed by atoms with Crippen molar-refractivity contribution < 1.29 is 14.6 Å². The van der Waals surface area contributed by atoms with E-state index in [0.29, 0.717) is 22.6 Å². The molecule has 1 aliphatic rings. The Labute approximate surface area is 202 Å². The van der Waals surface area contributed by atoms with Crippen molar-refractivity contribution in [3.05, 3.63) is 54.4 Å². The quantitative estimate of drug-likeness (QED) is 0.314. The number of H-pyrrole nitrogens is 1. The fourth-order valence-electron chi connectivity index (χ4n) is 4.12. The number of nitrogens with zero attached hydrogens (tertiary/aromatic N) is 4. The summed E-state index contributed by atoms with van der Waals surface area (Å²) in [5, 5.41) is 16.5. The summed E-state index contributed by atoms with van der Waals surface area (Å²) in [7, 11) is 0. The Kier molecular flexibility index (Phi) is 7.20. The third kappa shape index (κ3) is 4.79. The van der Waals surface area contributed by atoms with Crippen LogP contribution in [0.4, 0.5) is 0 Å². The van der Waals surface area contributed by atoms with E-state index in [0.717, 1.165) is 30.3 Å². The summed E-state index contributed by atoms with van der Waals surface area (Å²) >= 11 is 0. The lowest BCUT2D eigenvalue weighted by Crippen LogP contribution is -2.33. The summed E-state index contributed by atoms with van der Waals surface area (Å²) in [4.78, 5) is 33.4. The van der Waals surface area contributed by atoms with Crippen molar-refractivity contribution >= 4 is 40.4 Å². The number of nitrogens with one attached hydrogen (secondary N) is 3. The number of carbonyl (C=O) groups is 1. The number of rotatable bonds is 7. The van der Waals surface area contributed by atoms with Crippen LogP contribution in [0.15, 0.2) is 43.0 Å². The van der Waals surface area contributed by atoms with Gasteiger partial charge in [0.25, 0.3) is 5.91 Å². The highest BCUT2D eigenvalue weighted by Crippen LogP contribution is 2.34. The van der Waals surface area contributed by atoms with Crippen LogP contribution in [0.1, 0.15) is 42.1 Å². The minimum atomic E-state index is -0.655. The molecular formula is C23H26ClN7O3. The van der Waals surface area contributed by atoms with Gasteiger partial charge in [-0.15, -0.1) is 12.4 Å². The summed E-state index contributed by atoms with van der Waals surface area (Å²) in [6, 6.07) is 9.21. The molecule has 11 heteroatoms. The average Bonchev–Trinajstić information content (AvgIpc) is 3.53. The van der Waals surface area contributed by atoms with Crippen molar-refractivity contribution in [2.24, 2.45) is 0 Å². The predicted molar refractivity (Wildman–Crippen MR) is 129 cm³/mol. The summed E-state index contributed by atoms with van der Waals surface area (Å²) in [5.41, 5.74) is 2.87. The van der Waals surface area contributed by atoms with Crippen molar-refractivity contribution in [1.82, 2.24) is 35.6 Å². The maximum Gasteiger partial charge on any atom is 0.270 e. The van der Waals surface area contributed by atoms with E-state index in [4.69, 9.17) is 4.74 Å². The van der Waals surface area contributed by atoms with Crippen molar-refractivity contribution in [2.75, 3.05) is 13.1 Å². The van der Waals surface area contributed by atoms with E-state index in [1.165, 1.54) is 6.33 Å². The maximum atomic E-state index is 12.7. The molecule has 3 aromatic heterocycles. The number of fused-ring (bicyclic) bond motifs is 2. The Morgan fingerprint density at radius 1 is 1.29 bits per heavy atom. The van der Waals surface area contributed by atoms with Crippen molar-refractivity contribution in [2.45, 2.75) is 38.0 Å². The van der Waals surface area contributed by atoms with E-state index < -0.39 is 12.2 Å². The van der Waals surface area contributed by atoms with E-state index in [1.54, 1.807) is 19.3 Å². The minimum absolute atomic E-state index is 0. The SMILES string of the molecule is CC(O)CNC(=O)c1cc(O[C@@H](c2ncnc3nc[nH]c23)C2CCCN2)c2ccccc2n1.Cl. The van der Waals surface area contributed by atoms with E-state index >= 15 is 0 Å². The van der Waals surface area contributed by atoms with Crippen molar-refractivity contribution in [1.29, 1.82) is 0 Å². The van der Waals surface area contributed by atoms with Crippen LogP contribution in [0.25, 0.3) is 22.1 Å². The monoisotopic (exact) mass is 483 g/mol. The Morgan fingerprint density at radius 2 is 2.15 bits per heavy atom. The van der Waals surface area contributed by atoms with Crippen LogP contribution < -0.4 is 15.4 Å². The van der Waals surface area contributed by atoms with Crippen molar-refractivity contribution in [3.8, 4) is 5.75 Å². The third-order valence-electron chi connectivity index (χ3n) is 5.71. The molecule has 34 heavy (non-hydrogen) atoms. The number of hydrogen-bond acceptors (Lipinski definition) is 8. The van der Waals surface area contributed by atoms with Crippen LogP contribution in [-0.2, 0) is 0 Å². The Morgan fingerprint density at radius 3 is 2.94 bits per heavy atom. The number of para-hydroxylation sites is 1. The maximum absolute atomic E-state index is 12.7. The highest BCUT2D eigenvalue weighted by atomic mass is 35.5. The second kappa shape index (κ2) is 10.3. The fourth-order valence-corrected chi connectivity index (χ4v) is 4.12. The molecule has 1 aromatic carbocycles. The number of carbonyl (C=O) groups excluding carboxylic acids is 1. The van der Waals surface area contributed by atoms with Crippen LogP contribution in [0, 0.1) is 0 Å². The molecule has 1 saturated heterocycles. The fraction of sp³-hybridized carbons (Fsp3) is 0.348. The lowest BCUT2D eigenvalue weighted by molar-refractivity contribution is 0.0918. The molecule has 0 bridgehead atoms. The van der Waals surface area contributed by atoms with Gasteiger partial charge < -0.3 is 25.5 Å². The number of benzene rings is 1. The Hall–Kier alpha value is -3.34. The number of aromatic amines is 1. The van der Waals surface area contributed by atoms with Gasteiger partial charge in [0, 0.05) is 18.0 Å². The number of aliphatic hydroxyl groups is 1. The van der Waals surface area contributed by atoms with Gasteiger partial charge in [0.05, 0.1) is 24.0 Å². The summed E-state index contributed by atoms with van der Waals surface area (Å²) < 4.78 is 6.62. The second-order valence-electron chi connectivity index (χ2n) is 8.18. The number of halogens is 1. The number of pyridine rings is 1. The van der Waals surface area contributed by atoms with Gasteiger partial charge in [0.1, 0.15) is 29.0 Å². The number of aliphatic hydroxyl groups excluding tert-OH is 1. The Balaban J connectivity index is 0.00000274. The number of ether oxygens (including phenoxy) is 1. The molecule has 0 aliphatic carbocycles. The molecule has 4 aromatic rings. The molecule has 4 heterocycles. The molecule has 2 unspecified atom stereocenters. The Bertz CT molecular complexity index is 1290. The molecule has 5 rings (SSSR count). The van der Waals surface area contributed by atoms with Crippen LogP contribution in [0.3, 0.4) is 0 Å². The summed E-state index contributed by atoms with van der Waals surface area (Å²) in [6.45, 7) is 2.64. The lowest BCUT2D eigenvalue weighted by atomic mass is 10.0. The number of hydrogen-bond donors (Lipinski definition) is 4. The predicted octanol–water partition coefficient (Wildman–Crippen LogP) is 2.31. The van der Waals surface area contributed by atoms with E-state index in [9.17, 15) is 9.90 Å². The van der Waals surface area contributed by atoms with Gasteiger partial charge in [-0.1, -0.05) is 12.1 Å². The smallest absolute Gasteiger partial charge is 0.270 e. The number of aromatic nitrogens is 5. The molecule has 178 valence electrons. The highest BCUT2D eigenvalue weighted by Gasteiger charge is 2.32. The van der Waals surface area contributed by atoms with E-state index in [-0.39, 0.29) is 36.6 Å². The van der Waals surface area contributed by atoms with Crippen LogP contribution in [-0.4, -0.2) is 61.2 Å². The van der Waals surface area contributed by atoms with Crippen LogP contribution in [0.5, 0.6) is 5.75 Å². The molecule has 1 amide bonds. The zero-order valence-corrected chi connectivity index (χ0v) is 19.4. The average molecular weight is 484 g/mol. The van der Waals surface area contributed by atoms with E-state index in [1.807, 2.05) is 24.3 Å². The van der Waals surface area contributed by atoms with Gasteiger partial charge in [-0.05, 0) is 38.4 Å². The molecule has 10 nitrogen and oxygen atoms in total. The van der Waals surface area contributed by atoms with Crippen molar-refractivity contribution in [3.63, 3.8) is 0 Å². The zero-order valence-electron chi connectivity index (χ0n) is 18.6. The van der Waals surface area contributed by atoms with Gasteiger partial charge in [-0.2, -0.15) is 0 Å². The van der Waals surface area contributed by atoms with Gasteiger partial charge in [-0.3, -0.25) is 4.79 Å². The molecule has 0 saturated carbocycles.